The van der Waals surface area contributed by atoms with Crippen molar-refractivity contribution < 1.29 is 105 Å². The van der Waals surface area contributed by atoms with E-state index in [2.05, 4.69) is 72.4 Å². The molecule has 0 aliphatic carbocycles. The Morgan fingerprint density at radius 2 is 1.16 bits per heavy atom. The van der Waals surface area contributed by atoms with Crippen molar-refractivity contribution >= 4 is 41.0 Å². The van der Waals surface area contributed by atoms with E-state index in [0.717, 1.165) is 62.3 Å². The molecule has 2 bridgehead atoms. The predicted molar refractivity (Wildman–Crippen MR) is 245 cm³/mol. The fourth-order valence-electron chi connectivity index (χ4n) is 3.96. The molecule has 4 aliphatic rings. The van der Waals surface area contributed by atoms with E-state index in [0.29, 0.717) is 19.8 Å². The Bertz CT molecular complexity index is 1260. The molecule has 4 fully saturated rings. The maximum atomic E-state index is 8.52. The number of rotatable bonds is 10. The number of aromatic nitrogens is 3. The van der Waals surface area contributed by atoms with Gasteiger partial charge in [0.05, 0.1) is 25.4 Å². The number of aliphatic hydroxyl groups excluding tert-OH is 3. The molecule has 340 valence electrons. The maximum Gasteiger partial charge on any atom is 1.00 e. The monoisotopic (exact) mass is 918 g/mol. The zero-order valence-electron chi connectivity index (χ0n) is 39.0. The van der Waals surface area contributed by atoms with Crippen molar-refractivity contribution in [1.29, 1.82) is 0 Å². The molecule has 0 unspecified atom stereocenters. The first-order chi connectivity index (χ1) is 27.8. The molecule has 0 atom stereocenters. The molecule has 13 nitrogen and oxygen atoms in total. The van der Waals surface area contributed by atoms with Gasteiger partial charge in [0.25, 0.3) is 0 Å². The summed E-state index contributed by atoms with van der Waals surface area (Å²) >= 11 is 3.20. The first kappa shape index (κ1) is 73.0. The van der Waals surface area contributed by atoms with E-state index >= 15 is 0 Å². The van der Waals surface area contributed by atoms with Gasteiger partial charge in [0, 0.05) is 75.7 Å². The Hall–Kier alpha value is -0.548. The fourth-order valence-corrected chi connectivity index (χ4v) is 4.24. The molecular weight excluding hydrogens is 841 g/mol. The molecule has 0 radical (unpaired) electrons. The van der Waals surface area contributed by atoms with Gasteiger partial charge in [-0.25, -0.2) is 4.98 Å². The third kappa shape index (κ3) is 37.6. The molecule has 0 aromatic carbocycles. The Morgan fingerprint density at radius 1 is 0.742 bits per heavy atom. The standard InChI is InChI=1S/C10H13BNO3.C6H14O.C5H6BNO2.C5H4BrN.C5H12O3.C4H8O.C4H9.C3H7.CH4.3Li/c1-10-6-13-11(14-7-10,15-8-10)9-4-2-3-5-12-9;1-3-5-7-6-4-2;8-6(9)5-3-1-2-4-7-5;6-5-3-1-2-4-7-5;1-5(2-6,3-7)4-8;1-2-4-5-3-1;1-3-4-2;1-3-2;;;;/h2-5H,6-8H2,1H3;3-6H2,1-2H3;1-4,8-9H;1-4H;6-8H,2-4H2,1H3;1-4H2;1,3-4H2,2H3;1,3H2,2H3;1H4;;;/q-1;;;;;;2*-1;;3*+1. The van der Waals surface area contributed by atoms with Gasteiger partial charge in [0.2, 0.25) is 0 Å². The van der Waals surface area contributed by atoms with Crippen molar-refractivity contribution in [3.63, 3.8) is 0 Å². The van der Waals surface area contributed by atoms with E-state index in [-0.39, 0.29) is 94.8 Å². The molecule has 5 N–H and O–H groups in total. The molecule has 7 rings (SSSR count). The predicted octanol–water partition coefficient (Wildman–Crippen LogP) is -3.00. The van der Waals surface area contributed by atoms with Crippen molar-refractivity contribution in [2.24, 2.45) is 10.8 Å². The van der Waals surface area contributed by atoms with Crippen LogP contribution in [0.4, 0.5) is 0 Å². The van der Waals surface area contributed by atoms with Crippen LogP contribution < -0.4 is 67.8 Å². The SMILES string of the molecule is Brc1ccccn1.C.C1CCOC1.CC(CO)(CO)CO.CC12CO[B-](c3ccccn3)(OC1)OC2.CCCOCCC.OB(O)c1ccccn1.[CH2-]CC.[CH2-]CCC.[Li+].[Li+].[Li+]. The molecule has 62 heavy (non-hydrogen) atoms. The van der Waals surface area contributed by atoms with E-state index < -0.39 is 19.3 Å². The van der Waals surface area contributed by atoms with E-state index in [4.69, 9.17) is 48.8 Å². The van der Waals surface area contributed by atoms with Gasteiger partial charge in [-0.1, -0.05) is 79.7 Å². The van der Waals surface area contributed by atoms with E-state index in [1.54, 1.807) is 37.5 Å². The first-order valence-electron chi connectivity index (χ1n) is 20.2. The number of halogens is 1. The molecule has 19 heteroatoms. The van der Waals surface area contributed by atoms with Gasteiger partial charge in [-0.15, -0.1) is 0 Å². The maximum absolute atomic E-state index is 8.52. The summed E-state index contributed by atoms with van der Waals surface area (Å²) < 4.78 is 28.1. The van der Waals surface area contributed by atoms with Crippen molar-refractivity contribution in [3.05, 3.63) is 91.6 Å². The quantitative estimate of drug-likeness (QED) is 0.0601. The number of aliphatic hydroxyl groups is 3. The number of ether oxygens (including phenoxy) is 2. The van der Waals surface area contributed by atoms with Crippen LogP contribution in [-0.2, 0) is 23.4 Å². The number of hydrogen-bond donors (Lipinski definition) is 5. The summed E-state index contributed by atoms with van der Waals surface area (Å²) in [4.78, 5) is 11.8. The molecule has 0 spiro atoms. The number of nitrogens with zero attached hydrogens (tertiary/aromatic N) is 3. The Balaban J connectivity index is -0.000000150. The summed E-state index contributed by atoms with van der Waals surface area (Å²) in [5.74, 6) is 0. The number of hydrogen-bond acceptors (Lipinski definition) is 13. The molecule has 3 aromatic heterocycles. The van der Waals surface area contributed by atoms with Crippen LogP contribution in [0.25, 0.3) is 0 Å². The molecule has 0 saturated carbocycles. The second-order valence-corrected chi connectivity index (χ2v) is 14.8. The van der Waals surface area contributed by atoms with Crippen molar-refractivity contribution in [2.75, 3.05) is 66.1 Å². The second-order valence-electron chi connectivity index (χ2n) is 14.0. The second kappa shape index (κ2) is 48.4. The van der Waals surface area contributed by atoms with Gasteiger partial charge < -0.3 is 62.7 Å². The minimum absolute atomic E-state index is 0. The van der Waals surface area contributed by atoms with Crippen molar-refractivity contribution in [3.8, 4) is 0 Å². The zero-order valence-corrected chi connectivity index (χ0v) is 40.6. The van der Waals surface area contributed by atoms with Gasteiger partial charge in [-0.3, -0.25) is 9.97 Å². The summed E-state index contributed by atoms with van der Waals surface area (Å²) in [5.41, 5.74) is 0.329. The van der Waals surface area contributed by atoms with Gasteiger partial charge >= 0.3 is 70.5 Å². The van der Waals surface area contributed by atoms with Crippen LogP contribution in [0.3, 0.4) is 0 Å². The summed E-state index contributed by atoms with van der Waals surface area (Å²) in [6, 6.07) is 16.3. The topological polar surface area (TPSA) is 186 Å². The van der Waals surface area contributed by atoms with Crippen molar-refractivity contribution in [2.45, 2.75) is 93.9 Å². The van der Waals surface area contributed by atoms with Gasteiger partial charge in [0.1, 0.15) is 4.60 Å². The molecule has 7 heterocycles. The van der Waals surface area contributed by atoms with Crippen LogP contribution in [-0.4, -0.2) is 120 Å². The first-order valence-corrected chi connectivity index (χ1v) is 21.0. The van der Waals surface area contributed by atoms with E-state index in [1.165, 1.54) is 25.5 Å². The normalized spacial score (nSPS) is 17.1. The number of fused-ring (bicyclic) bond motifs is 3. The van der Waals surface area contributed by atoms with Crippen LogP contribution in [0, 0.1) is 24.7 Å². The number of pyridine rings is 3. The molecule has 4 saturated heterocycles. The van der Waals surface area contributed by atoms with Crippen LogP contribution >= 0.6 is 15.9 Å². The smallest absolute Gasteiger partial charge is 0.539 e. The molecule has 3 aromatic rings. The summed E-state index contributed by atoms with van der Waals surface area (Å²) in [7, 11) is -1.45. The average Bonchev–Trinajstić information content (AvgIpc) is 3.87. The molecule has 0 amide bonds. The molecule has 4 aliphatic heterocycles. The molecular formula is C43H77B2BrLi3N3O10. The summed E-state index contributed by atoms with van der Waals surface area (Å²) in [6.07, 6.45) is 13.1. The summed E-state index contributed by atoms with van der Waals surface area (Å²) in [5, 5.41) is 42.4. The minimum Gasteiger partial charge on any atom is -0.539 e. The van der Waals surface area contributed by atoms with Gasteiger partial charge in [0.15, 0.2) is 0 Å². The Kier molecular flexibility index (Phi) is 57.0. The van der Waals surface area contributed by atoms with Gasteiger partial charge in [-0.05, 0) is 77.5 Å². The van der Waals surface area contributed by atoms with Gasteiger partial charge in [-0.2, -0.15) is 12.8 Å². The minimum atomic E-state index is -1.76. The number of unbranched alkanes of at least 4 members (excludes halogenated alkanes) is 1. The largest absolute Gasteiger partial charge is 1.00 e. The van der Waals surface area contributed by atoms with Crippen LogP contribution in [0.5, 0.6) is 0 Å². The van der Waals surface area contributed by atoms with Crippen LogP contribution in [0.1, 0.15) is 93.9 Å². The van der Waals surface area contributed by atoms with Crippen LogP contribution in [0.2, 0.25) is 0 Å². The Labute approximate surface area is 420 Å². The van der Waals surface area contributed by atoms with E-state index in [1.807, 2.05) is 43.3 Å². The third-order valence-electron chi connectivity index (χ3n) is 7.61. The van der Waals surface area contributed by atoms with Crippen LogP contribution in [0.15, 0.2) is 77.8 Å². The van der Waals surface area contributed by atoms with Crippen molar-refractivity contribution in [1.82, 2.24) is 15.0 Å². The average molecular weight is 918 g/mol. The summed E-state index contributed by atoms with van der Waals surface area (Å²) in [6.45, 7) is 22.8. The zero-order chi connectivity index (χ0) is 44.0. The third-order valence-corrected chi connectivity index (χ3v) is 8.08. The Morgan fingerprint density at radius 3 is 1.39 bits per heavy atom. The van der Waals surface area contributed by atoms with E-state index in [9.17, 15) is 0 Å². The fraction of sp³-hybridized carbons (Fsp3) is 0.605.